The molecule has 2 N–H and O–H groups in total. The summed E-state index contributed by atoms with van der Waals surface area (Å²) in [6.07, 6.45) is 1.32. The van der Waals surface area contributed by atoms with Crippen LogP contribution in [0.2, 0.25) is 0 Å². The molecule has 3 aromatic rings. The molecule has 0 atom stereocenters. The zero-order chi connectivity index (χ0) is 19.6. The zero-order valence-electron chi connectivity index (χ0n) is 14.5. The van der Waals surface area contributed by atoms with Crippen LogP contribution in [0.4, 0.5) is 15.8 Å². The highest BCUT2D eigenvalue weighted by Crippen LogP contribution is 2.22. The van der Waals surface area contributed by atoms with Crippen molar-refractivity contribution < 1.29 is 22.1 Å². The second-order valence-corrected chi connectivity index (χ2v) is 7.49. The summed E-state index contributed by atoms with van der Waals surface area (Å²) in [6.45, 7) is 3.14. The molecular weight excluding hydrogens is 373 g/mol. The number of hydrogen-bond acceptors (Lipinski definition) is 5. The van der Waals surface area contributed by atoms with Gasteiger partial charge in [-0.05, 0) is 61.9 Å². The summed E-state index contributed by atoms with van der Waals surface area (Å²) < 4.78 is 45.4. The normalized spacial score (nSPS) is 11.2. The second kappa shape index (κ2) is 7.20. The molecule has 0 aliphatic heterocycles. The van der Waals surface area contributed by atoms with E-state index in [-0.39, 0.29) is 10.8 Å². The smallest absolute Gasteiger partial charge is 0.262 e. The number of carbonyl (C=O) groups is 1. The molecule has 0 unspecified atom stereocenters. The van der Waals surface area contributed by atoms with Crippen molar-refractivity contribution in [3.05, 3.63) is 71.4 Å². The van der Waals surface area contributed by atoms with Crippen molar-refractivity contribution in [3.63, 3.8) is 0 Å². The summed E-state index contributed by atoms with van der Waals surface area (Å²) in [5.41, 5.74) is 1.39. The predicted octanol–water partition coefficient (Wildman–Crippen LogP) is 3.48. The average Bonchev–Trinajstić information content (AvgIpc) is 3.02. The summed E-state index contributed by atoms with van der Waals surface area (Å²) in [5.74, 6) is -0.495. The van der Waals surface area contributed by atoms with Gasteiger partial charge in [-0.15, -0.1) is 0 Å². The van der Waals surface area contributed by atoms with Gasteiger partial charge in [-0.2, -0.15) is 0 Å². The van der Waals surface area contributed by atoms with Gasteiger partial charge in [-0.25, -0.2) is 12.8 Å². The summed E-state index contributed by atoms with van der Waals surface area (Å²) >= 11 is 0. The second-order valence-electron chi connectivity index (χ2n) is 5.84. The Morgan fingerprint density at radius 1 is 1.07 bits per heavy atom. The summed E-state index contributed by atoms with van der Waals surface area (Å²) in [4.78, 5) is 12.1. The Hall–Kier alpha value is -3.20. The maximum absolute atomic E-state index is 13.2. The SMILES string of the molecule is Cc1cc(F)ccc1S(=O)(=O)Nc1ccc(NC(=O)c2cnoc2C)cc1. The van der Waals surface area contributed by atoms with E-state index in [4.69, 9.17) is 4.52 Å². The number of nitrogens with zero attached hydrogens (tertiary/aromatic N) is 1. The number of sulfonamides is 1. The molecule has 0 aliphatic carbocycles. The molecule has 1 aromatic heterocycles. The van der Waals surface area contributed by atoms with E-state index in [0.29, 0.717) is 28.3 Å². The Bertz CT molecular complexity index is 1090. The lowest BCUT2D eigenvalue weighted by Crippen LogP contribution is -2.15. The van der Waals surface area contributed by atoms with Gasteiger partial charge in [0.15, 0.2) is 0 Å². The molecule has 0 saturated heterocycles. The third-order valence-corrected chi connectivity index (χ3v) is 5.36. The molecule has 0 fully saturated rings. The highest BCUT2D eigenvalue weighted by molar-refractivity contribution is 7.92. The summed E-state index contributed by atoms with van der Waals surface area (Å²) in [5, 5.41) is 6.21. The molecule has 0 saturated carbocycles. The Morgan fingerprint density at radius 2 is 1.74 bits per heavy atom. The number of aryl methyl sites for hydroxylation is 2. The molecule has 0 bridgehead atoms. The lowest BCUT2D eigenvalue weighted by atomic mass is 10.2. The highest BCUT2D eigenvalue weighted by Gasteiger charge is 2.18. The van der Waals surface area contributed by atoms with Crippen molar-refractivity contribution in [1.29, 1.82) is 0 Å². The Labute approximate surface area is 155 Å². The van der Waals surface area contributed by atoms with Crippen LogP contribution in [-0.2, 0) is 10.0 Å². The number of benzene rings is 2. The molecule has 9 heteroatoms. The van der Waals surface area contributed by atoms with Crippen molar-refractivity contribution in [2.75, 3.05) is 10.0 Å². The van der Waals surface area contributed by atoms with E-state index in [1.54, 1.807) is 19.1 Å². The minimum Gasteiger partial charge on any atom is -0.361 e. The molecule has 0 aliphatic rings. The van der Waals surface area contributed by atoms with Crippen molar-refractivity contribution in [2.24, 2.45) is 0 Å². The van der Waals surface area contributed by atoms with Crippen LogP contribution >= 0.6 is 0 Å². The molecule has 1 heterocycles. The zero-order valence-corrected chi connectivity index (χ0v) is 15.3. The van der Waals surface area contributed by atoms with E-state index in [1.807, 2.05) is 0 Å². The lowest BCUT2D eigenvalue weighted by molar-refractivity contribution is 0.102. The van der Waals surface area contributed by atoms with E-state index in [0.717, 1.165) is 12.1 Å². The van der Waals surface area contributed by atoms with Crippen molar-refractivity contribution in [3.8, 4) is 0 Å². The van der Waals surface area contributed by atoms with Gasteiger partial charge in [0.05, 0.1) is 11.1 Å². The first kappa shape index (κ1) is 18.6. The fourth-order valence-corrected chi connectivity index (χ4v) is 3.75. The van der Waals surface area contributed by atoms with Gasteiger partial charge in [0, 0.05) is 11.4 Å². The van der Waals surface area contributed by atoms with Gasteiger partial charge in [0.2, 0.25) is 0 Å². The third kappa shape index (κ3) is 4.14. The first-order valence-electron chi connectivity index (χ1n) is 7.88. The number of aromatic nitrogens is 1. The van der Waals surface area contributed by atoms with Gasteiger partial charge in [-0.1, -0.05) is 5.16 Å². The number of rotatable bonds is 5. The van der Waals surface area contributed by atoms with E-state index in [2.05, 4.69) is 15.2 Å². The van der Waals surface area contributed by atoms with E-state index in [9.17, 15) is 17.6 Å². The number of anilines is 2. The Balaban J connectivity index is 1.74. The van der Waals surface area contributed by atoms with Gasteiger partial charge in [0.1, 0.15) is 17.1 Å². The van der Waals surface area contributed by atoms with Crippen LogP contribution in [0.1, 0.15) is 21.7 Å². The van der Waals surface area contributed by atoms with Gasteiger partial charge < -0.3 is 9.84 Å². The van der Waals surface area contributed by atoms with Crippen LogP contribution in [0.15, 0.2) is 58.1 Å². The minimum absolute atomic E-state index is 0.00999. The number of hydrogen-bond donors (Lipinski definition) is 2. The summed E-state index contributed by atoms with van der Waals surface area (Å²) in [7, 11) is -3.86. The quantitative estimate of drug-likeness (QED) is 0.696. The van der Waals surface area contributed by atoms with Crippen LogP contribution in [0.3, 0.4) is 0 Å². The Kier molecular flexibility index (Phi) is 4.95. The first-order chi connectivity index (χ1) is 12.8. The third-order valence-electron chi connectivity index (χ3n) is 3.82. The highest BCUT2D eigenvalue weighted by atomic mass is 32.2. The molecule has 0 radical (unpaired) electrons. The fourth-order valence-electron chi connectivity index (χ4n) is 2.46. The molecule has 3 rings (SSSR count). The van der Waals surface area contributed by atoms with Crippen molar-refractivity contribution in [2.45, 2.75) is 18.7 Å². The number of carbonyl (C=O) groups excluding carboxylic acids is 1. The van der Waals surface area contributed by atoms with E-state index in [1.165, 1.54) is 31.3 Å². The number of amides is 1. The van der Waals surface area contributed by atoms with Gasteiger partial charge in [-0.3, -0.25) is 9.52 Å². The average molecular weight is 389 g/mol. The predicted molar refractivity (Wildman–Crippen MR) is 97.6 cm³/mol. The van der Waals surface area contributed by atoms with Crippen LogP contribution in [0, 0.1) is 19.7 Å². The molecule has 1 amide bonds. The van der Waals surface area contributed by atoms with E-state index >= 15 is 0 Å². The topological polar surface area (TPSA) is 101 Å². The monoisotopic (exact) mass is 389 g/mol. The van der Waals surface area contributed by atoms with Crippen molar-refractivity contribution >= 4 is 27.3 Å². The molecule has 7 nitrogen and oxygen atoms in total. The standard InChI is InChI=1S/C18H16FN3O4S/c1-11-9-13(19)3-8-17(11)27(24,25)22-15-6-4-14(5-7-15)21-18(23)16-10-20-26-12(16)2/h3-10,22H,1-2H3,(H,21,23). The molecular formula is C18H16FN3O4S. The maximum atomic E-state index is 13.2. The number of halogens is 1. The maximum Gasteiger partial charge on any atom is 0.262 e. The molecule has 140 valence electrons. The fraction of sp³-hybridized carbons (Fsp3) is 0.111. The van der Waals surface area contributed by atoms with Gasteiger partial charge >= 0.3 is 0 Å². The van der Waals surface area contributed by atoms with Crippen LogP contribution < -0.4 is 10.0 Å². The molecule has 2 aromatic carbocycles. The Morgan fingerprint density at radius 3 is 2.33 bits per heavy atom. The van der Waals surface area contributed by atoms with Gasteiger partial charge in [0.25, 0.3) is 15.9 Å². The molecule has 27 heavy (non-hydrogen) atoms. The minimum atomic E-state index is -3.86. The van der Waals surface area contributed by atoms with Crippen LogP contribution in [0.25, 0.3) is 0 Å². The lowest BCUT2D eigenvalue weighted by Gasteiger charge is -2.11. The summed E-state index contributed by atoms with van der Waals surface area (Å²) in [6, 6.07) is 9.57. The first-order valence-corrected chi connectivity index (χ1v) is 9.36. The van der Waals surface area contributed by atoms with Crippen molar-refractivity contribution in [1.82, 2.24) is 5.16 Å². The van der Waals surface area contributed by atoms with E-state index < -0.39 is 15.8 Å². The van der Waals surface area contributed by atoms with Crippen LogP contribution in [0.5, 0.6) is 0 Å². The largest absolute Gasteiger partial charge is 0.361 e. The van der Waals surface area contributed by atoms with Crippen LogP contribution in [-0.4, -0.2) is 19.5 Å². The molecule has 0 spiro atoms. The number of nitrogens with one attached hydrogen (secondary N) is 2.